The van der Waals surface area contributed by atoms with Gasteiger partial charge >= 0.3 is 0 Å². The van der Waals surface area contributed by atoms with Crippen LogP contribution in [0.2, 0.25) is 0 Å². The minimum Gasteiger partial charge on any atom is -0.369 e. The van der Waals surface area contributed by atoms with Crippen LogP contribution in [0.15, 0.2) is 23.1 Å². The molecule has 0 radical (unpaired) electrons. The molecule has 0 bridgehead atoms. The van der Waals surface area contributed by atoms with Gasteiger partial charge in [0.2, 0.25) is 5.95 Å². The summed E-state index contributed by atoms with van der Waals surface area (Å²) in [4.78, 5) is 21.7. The van der Waals surface area contributed by atoms with E-state index in [1.54, 1.807) is 6.20 Å². The van der Waals surface area contributed by atoms with Gasteiger partial charge in [0.15, 0.2) is 5.79 Å². The van der Waals surface area contributed by atoms with Gasteiger partial charge in [0.1, 0.15) is 17.9 Å². The average molecular weight is 354 g/mol. The molecule has 4 rings (SSSR count). The second kappa shape index (κ2) is 5.89. The van der Waals surface area contributed by atoms with Gasteiger partial charge in [-0.05, 0) is 19.4 Å². The number of rotatable bonds is 3. The molecule has 3 heterocycles. The van der Waals surface area contributed by atoms with Crippen LogP contribution >= 0.6 is 12.4 Å². The first-order chi connectivity index (χ1) is 10.9. The summed E-state index contributed by atoms with van der Waals surface area (Å²) in [6.45, 7) is 4.33. The number of anilines is 1. The van der Waals surface area contributed by atoms with E-state index in [-0.39, 0.29) is 42.2 Å². The van der Waals surface area contributed by atoms with Crippen LogP contribution in [-0.4, -0.2) is 39.0 Å². The zero-order valence-corrected chi connectivity index (χ0v) is 14.1. The highest BCUT2D eigenvalue weighted by Gasteiger charge is 2.46. The van der Waals surface area contributed by atoms with Gasteiger partial charge in [-0.3, -0.25) is 9.78 Å². The predicted molar refractivity (Wildman–Crippen MR) is 92.0 cm³/mol. The lowest BCUT2D eigenvalue weighted by molar-refractivity contribution is -0.145. The number of H-pyrrole nitrogens is 2. The van der Waals surface area contributed by atoms with Gasteiger partial charge in [-0.25, -0.2) is 0 Å². The van der Waals surface area contributed by atoms with Crippen LogP contribution in [-0.2, 0) is 16.0 Å². The number of nitrogens with zero attached hydrogens (tertiary/aromatic N) is 1. The molecule has 0 spiro atoms. The van der Waals surface area contributed by atoms with Gasteiger partial charge in [0.25, 0.3) is 5.56 Å². The summed E-state index contributed by atoms with van der Waals surface area (Å²) in [5.41, 5.74) is 6.63. The Balaban J connectivity index is 0.00000169. The number of hydrogen-bond donors (Lipinski definition) is 4. The molecule has 2 aromatic rings. The third kappa shape index (κ3) is 2.82. The summed E-state index contributed by atoms with van der Waals surface area (Å²) < 4.78 is 11.7. The molecule has 3 atom stereocenters. The van der Waals surface area contributed by atoms with Crippen LogP contribution < -0.4 is 16.6 Å². The Labute approximate surface area is 144 Å². The summed E-state index contributed by atoms with van der Waals surface area (Å²) in [6.07, 6.45) is 5.74. The number of nitrogens with one attached hydrogen (secondary N) is 3. The first-order valence-corrected chi connectivity index (χ1v) is 7.56. The molecule has 0 saturated carbocycles. The number of nitrogen functional groups attached to an aromatic ring is 1. The highest BCUT2D eigenvalue weighted by atomic mass is 35.5. The van der Waals surface area contributed by atoms with Crippen LogP contribution in [0.1, 0.15) is 19.4 Å². The average Bonchev–Trinajstić information content (AvgIpc) is 3.09. The Morgan fingerprint density at radius 3 is 2.96 bits per heavy atom. The fraction of sp³-hybridized carbons (Fsp3) is 0.467. The number of ether oxygens (including phenoxy) is 2. The second-order valence-corrected chi connectivity index (χ2v) is 6.35. The Morgan fingerprint density at radius 1 is 1.38 bits per heavy atom. The fourth-order valence-corrected chi connectivity index (χ4v) is 3.25. The van der Waals surface area contributed by atoms with E-state index < -0.39 is 5.79 Å². The summed E-state index contributed by atoms with van der Waals surface area (Å²) in [5.74, 6) is -0.469. The third-order valence-electron chi connectivity index (χ3n) is 4.20. The predicted octanol–water partition coefficient (Wildman–Crippen LogP) is 0.803. The quantitative estimate of drug-likeness (QED) is 0.606. The molecule has 24 heavy (non-hydrogen) atoms. The van der Waals surface area contributed by atoms with Crippen molar-refractivity contribution in [2.75, 3.05) is 5.73 Å². The van der Waals surface area contributed by atoms with Crippen LogP contribution in [0.5, 0.6) is 0 Å². The zero-order chi connectivity index (χ0) is 16.2. The molecule has 2 aromatic heterocycles. The number of nitrogens with two attached hydrogens (primary N) is 1. The standard InChI is InChI=1S/C15H19N5O3.ClH/c1-15(2)22-9-4-3-8(11(9)23-15)17-5-7-6-18-12-10(7)13(21)20-14(16)19-12;/h3-4,6,8-9,11,17H,5H2,1-2H3,(H4,16,18,19,20,21);1H/t8-,9-,11+;/m0./s1. The van der Waals surface area contributed by atoms with Crippen molar-refractivity contribution in [3.8, 4) is 0 Å². The van der Waals surface area contributed by atoms with Gasteiger partial charge in [-0.2, -0.15) is 4.98 Å². The van der Waals surface area contributed by atoms with Gasteiger partial charge in [-0.1, -0.05) is 12.2 Å². The van der Waals surface area contributed by atoms with Gasteiger partial charge in [0.05, 0.1) is 11.4 Å². The van der Waals surface area contributed by atoms with Crippen molar-refractivity contribution in [3.05, 3.63) is 34.3 Å². The van der Waals surface area contributed by atoms with Crippen molar-refractivity contribution < 1.29 is 9.47 Å². The van der Waals surface area contributed by atoms with Crippen LogP contribution in [0.4, 0.5) is 5.95 Å². The van der Waals surface area contributed by atoms with Crippen LogP contribution in [0.25, 0.3) is 11.0 Å². The fourth-order valence-electron chi connectivity index (χ4n) is 3.25. The molecule has 1 fully saturated rings. The van der Waals surface area contributed by atoms with Crippen LogP contribution in [0.3, 0.4) is 0 Å². The molecule has 0 amide bonds. The van der Waals surface area contributed by atoms with E-state index in [0.717, 1.165) is 5.56 Å². The SMILES string of the molecule is CC1(C)O[C@@H]2[C@@H](NCc3c[nH]c4nc(N)[nH]c(=O)c34)C=C[C@@H]2O1.Cl. The highest BCUT2D eigenvalue weighted by molar-refractivity contribution is 5.85. The molecular weight excluding hydrogens is 334 g/mol. The van der Waals surface area contributed by atoms with Crippen LogP contribution in [0, 0.1) is 0 Å². The lowest BCUT2D eigenvalue weighted by atomic mass is 10.1. The smallest absolute Gasteiger partial charge is 0.262 e. The Morgan fingerprint density at radius 2 is 2.17 bits per heavy atom. The molecule has 130 valence electrons. The summed E-state index contributed by atoms with van der Waals surface area (Å²) in [6, 6.07) is 0.0348. The monoisotopic (exact) mass is 353 g/mol. The molecule has 1 aliphatic heterocycles. The topological polar surface area (TPSA) is 118 Å². The summed E-state index contributed by atoms with van der Waals surface area (Å²) in [7, 11) is 0. The van der Waals surface area contributed by atoms with E-state index in [9.17, 15) is 4.79 Å². The lowest BCUT2D eigenvalue weighted by Crippen LogP contribution is -2.39. The van der Waals surface area contributed by atoms with Crippen molar-refractivity contribution in [2.45, 2.75) is 44.4 Å². The third-order valence-corrected chi connectivity index (χ3v) is 4.20. The maximum Gasteiger partial charge on any atom is 0.262 e. The maximum absolute atomic E-state index is 12.1. The first-order valence-electron chi connectivity index (χ1n) is 7.56. The maximum atomic E-state index is 12.1. The van der Waals surface area contributed by atoms with Crippen molar-refractivity contribution in [1.82, 2.24) is 20.3 Å². The van der Waals surface area contributed by atoms with E-state index in [1.807, 2.05) is 26.0 Å². The highest BCUT2D eigenvalue weighted by Crippen LogP contribution is 2.34. The summed E-state index contributed by atoms with van der Waals surface area (Å²) in [5, 5.41) is 3.93. The van der Waals surface area contributed by atoms with E-state index >= 15 is 0 Å². The molecule has 0 aromatic carbocycles. The number of fused-ring (bicyclic) bond motifs is 2. The largest absolute Gasteiger partial charge is 0.369 e. The minimum absolute atomic E-state index is 0. The second-order valence-electron chi connectivity index (χ2n) is 6.35. The van der Waals surface area contributed by atoms with E-state index in [0.29, 0.717) is 17.6 Å². The molecule has 1 saturated heterocycles. The van der Waals surface area contributed by atoms with Gasteiger partial charge < -0.3 is 25.5 Å². The lowest BCUT2D eigenvalue weighted by Gasteiger charge is -2.21. The first kappa shape index (κ1) is 17.0. The minimum atomic E-state index is -0.570. The normalized spacial score (nSPS) is 27.3. The van der Waals surface area contributed by atoms with E-state index in [2.05, 4.69) is 20.3 Å². The molecular formula is C15H20ClN5O3. The molecule has 5 N–H and O–H groups in total. The molecule has 9 heteroatoms. The van der Waals surface area contributed by atoms with Crippen molar-refractivity contribution in [2.24, 2.45) is 0 Å². The number of aromatic amines is 2. The van der Waals surface area contributed by atoms with Gasteiger partial charge in [-0.15, -0.1) is 12.4 Å². The Hall–Kier alpha value is -1.87. The molecule has 2 aliphatic rings. The van der Waals surface area contributed by atoms with Crippen molar-refractivity contribution >= 4 is 29.4 Å². The number of halogens is 1. The molecule has 0 unspecified atom stereocenters. The molecule has 8 nitrogen and oxygen atoms in total. The van der Waals surface area contributed by atoms with E-state index in [1.165, 1.54) is 0 Å². The van der Waals surface area contributed by atoms with E-state index in [4.69, 9.17) is 15.2 Å². The summed E-state index contributed by atoms with van der Waals surface area (Å²) >= 11 is 0. The Kier molecular flexibility index (Phi) is 4.16. The Bertz CT molecular complexity index is 843. The van der Waals surface area contributed by atoms with Gasteiger partial charge in [0, 0.05) is 12.7 Å². The number of aromatic nitrogens is 3. The number of hydrogen-bond acceptors (Lipinski definition) is 6. The van der Waals surface area contributed by atoms with Crippen molar-refractivity contribution in [3.63, 3.8) is 0 Å². The zero-order valence-electron chi connectivity index (χ0n) is 13.3. The molecule has 1 aliphatic carbocycles. The van der Waals surface area contributed by atoms with Crippen molar-refractivity contribution in [1.29, 1.82) is 0 Å².